The zero-order valence-corrected chi connectivity index (χ0v) is 13.1. The second-order valence-electron chi connectivity index (χ2n) is 4.30. The Labute approximate surface area is 126 Å². The van der Waals surface area contributed by atoms with Crippen LogP contribution in [0, 0.1) is 0 Å². The van der Waals surface area contributed by atoms with Gasteiger partial charge in [0.15, 0.2) is 0 Å². The van der Waals surface area contributed by atoms with Crippen LogP contribution in [0.2, 0.25) is 0 Å². The lowest BCUT2D eigenvalue weighted by atomic mass is 10.0. The Kier molecular flexibility index (Phi) is 5.11. The number of halogens is 1. The molecule has 0 bridgehead atoms. The molecule has 0 aliphatic rings. The molecule has 2 aromatic rings. The van der Waals surface area contributed by atoms with Crippen LogP contribution in [-0.2, 0) is 13.0 Å². The standard InChI is InChI=1S/C13H18BrN5O/c1-3-19-13(16-8-17-19)7-11(18-15)10-5-4-9(14)6-12(10)20-2/h4-6,8,11,18H,3,7,15H2,1-2H3. The Morgan fingerprint density at radius 3 is 2.95 bits per heavy atom. The summed E-state index contributed by atoms with van der Waals surface area (Å²) in [5.41, 5.74) is 3.82. The Balaban J connectivity index is 2.28. The Morgan fingerprint density at radius 2 is 2.30 bits per heavy atom. The van der Waals surface area contributed by atoms with E-state index in [4.69, 9.17) is 10.6 Å². The lowest BCUT2D eigenvalue weighted by molar-refractivity contribution is 0.396. The zero-order chi connectivity index (χ0) is 14.5. The Bertz CT molecular complexity index is 572. The van der Waals surface area contributed by atoms with E-state index in [-0.39, 0.29) is 6.04 Å². The summed E-state index contributed by atoms with van der Waals surface area (Å²) in [6.07, 6.45) is 2.20. The highest BCUT2D eigenvalue weighted by Crippen LogP contribution is 2.29. The van der Waals surface area contributed by atoms with E-state index in [1.54, 1.807) is 13.4 Å². The van der Waals surface area contributed by atoms with E-state index in [9.17, 15) is 0 Å². The van der Waals surface area contributed by atoms with Crippen molar-refractivity contribution >= 4 is 15.9 Å². The van der Waals surface area contributed by atoms with Gasteiger partial charge in [0.2, 0.25) is 0 Å². The van der Waals surface area contributed by atoms with Crippen molar-refractivity contribution in [3.63, 3.8) is 0 Å². The van der Waals surface area contributed by atoms with Gasteiger partial charge in [-0.25, -0.2) is 4.98 Å². The van der Waals surface area contributed by atoms with Gasteiger partial charge in [-0.15, -0.1) is 0 Å². The topological polar surface area (TPSA) is 78.0 Å². The molecule has 3 N–H and O–H groups in total. The molecule has 0 saturated heterocycles. The van der Waals surface area contributed by atoms with Crippen LogP contribution in [0.5, 0.6) is 5.75 Å². The minimum atomic E-state index is -0.0902. The molecule has 1 unspecified atom stereocenters. The maximum Gasteiger partial charge on any atom is 0.138 e. The lowest BCUT2D eigenvalue weighted by Crippen LogP contribution is -2.30. The Morgan fingerprint density at radius 1 is 1.50 bits per heavy atom. The van der Waals surface area contributed by atoms with Gasteiger partial charge < -0.3 is 4.74 Å². The average Bonchev–Trinajstić information content (AvgIpc) is 2.92. The first-order valence-corrected chi connectivity index (χ1v) is 7.15. The van der Waals surface area contributed by atoms with E-state index in [1.165, 1.54) is 0 Å². The van der Waals surface area contributed by atoms with Crippen molar-refractivity contribution in [2.75, 3.05) is 7.11 Å². The minimum absolute atomic E-state index is 0.0902. The number of nitrogens with one attached hydrogen (secondary N) is 1. The van der Waals surface area contributed by atoms with Gasteiger partial charge in [0, 0.05) is 23.0 Å². The summed E-state index contributed by atoms with van der Waals surface area (Å²) in [5.74, 6) is 7.37. The molecule has 0 fully saturated rings. The van der Waals surface area contributed by atoms with Gasteiger partial charge in [-0.3, -0.25) is 16.0 Å². The van der Waals surface area contributed by atoms with Gasteiger partial charge in [0.25, 0.3) is 0 Å². The number of benzene rings is 1. The maximum atomic E-state index is 5.70. The molecule has 7 heteroatoms. The number of hydrogen-bond acceptors (Lipinski definition) is 5. The SMILES string of the molecule is CCn1ncnc1CC(NN)c1ccc(Br)cc1OC. The number of hydrogen-bond donors (Lipinski definition) is 2. The van der Waals surface area contributed by atoms with Crippen molar-refractivity contribution in [3.8, 4) is 5.75 Å². The van der Waals surface area contributed by atoms with Crippen molar-refractivity contribution in [2.24, 2.45) is 5.84 Å². The van der Waals surface area contributed by atoms with Crippen molar-refractivity contribution in [3.05, 3.63) is 40.4 Å². The second kappa shape index (κ2) is 6.83. The van der Waals surface area contributed by atoms with Crippen LogP contribution in [0.15, 0.2) is 29.0 Å². The summed E-state index contributed by atoms with van der Waals surface area (Å²) < 4.78 is 8.24. The number of rotatable bonds is 6. The molecule has 0 saturated carbocycles. The number of nitrogens with two attached hydrogens (primary N) is 1. The molecule has 108 valence electrons. The number of aryl methyl sites for hydroxylation is 1. The second-order valence-corrected chi connectivity index (χ2v) is 5.22. The third kappa shape index (κ3) is 3.17. The van der Waals surface area contributed by atoms with Gasteiger partial charge in [-0.2, -0.15) is 5.10 Å². The predicted octanol–water partition coefficient (Wildman–Crippen LogP) is 1.82. The van der Waals surface area contributed by atoms with Crippen LogP contribution in [-0.4, -0.2) is 21.9 Å². The average molecular weight is 340 g/mol. The molecule has 1 atom stereocenters. The molecule has 20 heavy (non-hydrogen) atoms. The highest BCUT2D eigenvalue weighted by Gasteiger charge is 2.18. The van der Waals surface area contributed by atoms with Crippen LogP contribution in [0.1, 0.15) is 24.4 Å². The molecule has 2 rings (SSSR count). The quantitative estimate of drug-likeness (QED) is 0.620. The van der Waals surface area contributed by atoms with Crippen molar-refractivity contribution in [1.82, 2.24) is 20.2 Å². The van der Waals surface area contributed by atoms with Crippen molar-refractivity contribution in [1.29, 1.82) is 0 Å². The molecule has 1 aromatic carbocycles. The molecular weight excluding hydrogens is 322 g/mol. The molecule has 1 heterocycles. The highest BCUT2D eigenvalue weighted by atomic mass is 79.9. The summed E-state index contributed by atoms with van der Waals surface area (Å²) in [6, 6.07) is 5.78. The molecule has 0 radical (unpaired) electrons. The van der Waals surface area contributed by atoms with Crippen LogP contribution < -0.4 is 16.0 Å². The molecule has 0 amide bonds. The Hall–Kier alpha value is -1.44. The van der Waals surface area contributed by atoms with Crippen LogP contribution in [0.25, 0.3) is 0 Å². The molecule has 0 spiro atoms. The predicted molar refractivity (Wildman–Crippen MR) is 80.2 cm³/mol. The largest absolute Gasteiger partial charge is 0.496 e. The molecule has 6 nitrogen and oxygen atoms in total. The summed E-state index contributed by atoms with van der Waals surface area (Å²) in [4.78, 5) is 4.28. The van der Waals surface area contributed by atoms with E-state index < -0.39 is 0 Å². The van der Waals surface area contributed by atoms with Gasteiger partial charge in [0.05, 0.1) is 13.2 Å². The van der Waals surface area contributed by atoms with E-state index in [1.807, 2.05) is 29.8 Å². The highest BCUT2D eigenvalue weighted by molar-refractivity contribution is 9.10. The number of ether oxygens (including phenoxy) is 1. The van der Waals surface area contributed by atoms with E-state index >= 15 is 0 Å². The monoisotopic (exact) mass is 339 g/mol. The smallest absolute Gasteiger partial charge is 0.138 e. The van der Waals surface area contributed by atoms with E-state index in [0.29, 0.717) is 6.42 Å². The summed E-state index contributed by atoms with van der Waals surface area (Å²) in [5, 5.41) is 4.17. The third-order valence-corrected chi connectivity index (χ3v) is 3.65. The number of methoxy groups -OCH3 is 1. The minimum Gasteiger partial charge on any atom is -0.496 e. The van der Waals surface area contributed by atoms with Gasteiger partial charge >= 0.3 is 0 Å². The van der Waals surface area contributed by atoms with Crippen LogP contribution >= 0.6 is 15.9 Å². The fraction of sp³-hybridized carbons (Fsp3) is 0.385. The van der Waals surface area contributed by atoms with Gasteiger partial charge in [-0.1, -0.05) is 22.0 Å². The van der Waals surface area contributed by atoms with Crippen molar-refractivity contribution in [2.45, 2.75) is 25.9 Å². The molecule has 0 aliphatic carbocycles. The molecular formula is C13H18BrN5O. The summed E-state index contributed by atoms with van der Waals surface area (Å²) >= 11 is 3.43. The first kappa shape index (κ1) is 15.0. The maximum absolute atomic E-state index is 5.70. The van der Waals surface area contributed by atoms with Crippen molar-refractivity contribution < 1.29 is 4.74 Å². The normalized spacial score (nSPS) is 12.4. The summed E-state index contributed by atoms with van der Waals surface area (Å²) in [7, 11) is 1.65. The fourth-order valence-electron chi connectivity index (χ4n) is 2.12. The number of nitrogens with zero attached hydrogens (tertiary/aromatic N) is 3. The lowest BCUT2D eigenvalue weighted by Gasteiger charge is -2.19. The van der Waals surface area contributed by atoms with Crippen LogP contribution in [0.4, 0.5) is 0 Å². The van der Waals surface area contributed by atoms with Gasteiger partial charge in [0.1, 0.15) is 17.9 Å². The summed E-state index contributed by atoms with van der Waals surface area (Å²) in [6.45, 7) is 2.81. The molecule has 1 aromatic heterocycles. The number of hydrazine groups is 1. The van der Waals surface area contributed by atoms with Crippen LogP contribution in [0.3, 0.4) is 0 Å². The van der Waals surface area contributed by atoms with E-state index in [2.05, 4.69) is 31.4 Å². The number of aromatic nitrogens is 3. The first-order valence-electron chi connectivity index (χ1n) is 6.35. The zero-order valence-electron chi connectivity index (χ0n) is 11.5. The van der Waals surface area contributed by atoms with E-state index in [0.717, 1.165) is 28.2 Å². The fourth-order valence-corrected chi connectivity index (χ4v) is 2.46. The first-order chi connectivity index (χ1) is 9.69. The van der Waals surface area contributed by atoms with Gasteiger partial charge in [-0.05, 0) is 19.1 Å². The molecule has 0 aliphatic heterocycles. The third-order valence-electron chi connectivity index (χ3n) is 3.15.